The zero-order valence-corrected chi connectivity index (χ0v) is 8.73. The summed E-state index contributed by atoms with van der Waals surface area (Å²) in [6.45, 7) is 1.42. The number of Topliss-reactive ketones (excluding diaryl/α,β-unsaturated/α-hetero) is 1. The van der Waals surface area contributed by atoms with E-state index in [1.807, 2.05) is 0 Å². The highest BCUT2D eigenvalue weighted by Crippen LogP contribution is 2.29. The fraction of sp³-hybridized carbons (Fsp3) is 0.364. The Labute approximate surface area is 88.1 Å². The lowest BCUT2D eigenvalue weighted by atomic mass is 10.0. The summed E-state index contributed by atoms with van der Waals surface area (Å²) in [4.78, 5) is 10.8. The number of carbonyl (C=O) groups excluding carboxylic acids is 1. The molecule has 2 N–H and O–H groups in total. The molecular weight excluding hydrogens is 196 g/mol. The molecule has 0 amide bonds. The predicted molar refractivity (Wildman–Crippen MR) is 54.9 cm³/mol. The monoisotopic (exact) mass is 210 g/mol. The summed E-state index contributed by atoms with van der Waals surface area (Å²) in [6, 6.07) is 4.51. The number of aromatic hydroxyl groups is 1. The van der Waals surface area contributed by atoms with E-state index in [4.69, 9.17) is 4.74 Å². The molecule has 0 saturated heterocycles. The zero-order chi connectivity index (χ0) is 11.4. The summed E-state index contributed by atoms with van der Waals surface area (Å²) in [6.07, 6.45) is -0.787. The molecule has 15 heavy (non-hydrogen) atoms. The molecule has 0 radical (unpaired) electrons. The van der Waals surface area contributed by atoms with Gasteiger partial charge >= 0.3 is 0 Å². The molecule has 0 aliphatic heterocycles. The number of methoxy groups -OCH3 is 1. The second kappa shape index (κ2) is 4.79. The van der Waals surface area contributed by atoms with Crippen molar-refractivity contribution in [3.05, 3.63) is 23.8 Å². The van der Waals surface area contributed by atoms with Gasteiger partial charge in [-0.15, -0.1) is 0 Å². The molecule has 0 aliphatic carbocycles. The second-order valence-electron chi connectivity index (χ2n) is 3.35. The number of rotatable bonds is 4. The Kier molecular flexibility index (Phi) is 3.68. The van der Waals surface area contributed by atoms with Crippen LogP contribution in [0.3, 0.4) is 0 Å². The molecule has 4 heteroatoms. The molecule has 1 rings (SSSR count). The molecule has 82 valence electrons. The third-order valence-electron chi connectivity index (χ3n) is 2.07. The van der Waals surface area contributed by atoms with Gasteiger partial charge in [0.05, 0.1) is 13.2 Å². The number of carbonyl (C=O) groups is 1. The Hall–Kier alpha value is -1.55. The van der Waals surface area contributed by atoms with Gasteiger partial charge in [-0.2, -0.15) is 0 Å². The van der Waals surface area contributed by atoms with Gasteiger partial charge in [-0.3, -0.25) is 4.79 Å². The fourth-order valence-corrected chi connectivity index (χ4v) is 1.29. The first-order chi connectivity index (χ1) is 7.04. The number of hydrogen-bond acceptors (Lipinski definition) is 4. The first-order valence-corrected chi connectivity index (χ1v) is 4.59. The smallest absolute Gasteiger partial charge is 0.160 e. The van der Waals surface area contributed by atoms with E-state index in [2.05, 4.69) is 0 Å². The fourth-order valence-electron chi connectivity index (χ4n) is 1.29. The Morgan fingerprint density at radius 1 is 1.53 bits per heavy atom. The number of ketones is 1. The van der Waals surface area contributed by atoms with Gasteiger partial charge in [0.2, 0.25) is 0 Å². The number of phenols is 1. The van der Waals surface area contributed by atoms with E-state index in [-0.39, 0.29) is 23.7 Å². The minimum absolute atomic E-state index is 0.0104. The van der Waals surface area contributed by atoms with Crippen LogP contribution >= 0.6 is 0 Å². The molecule has 0 saturated carbocycles. The second-order valence-corrected chi connectivity index (χ2v) is 3.35. The molecule has 4 nitrogen and oxygen atoms in total. The van der Waals surface area contributed by atoms with Crippen molar-refractivity contribution in [2.45, 2.75) is 19.4 Å². The van der Waals surface area contributed by atoms with Gasteiger partial charge < -0.3 is 14.9 Å². The van der Waals surface area contributed by atoms with E-state index in [0.717, 1.165) is 0 Å². The topological polar surface area (TPSA) is 66.8 Å². The number of aliphatic hydroxyl groups is 1. The van der Waals surface area contributed by atoms with Crippen LogP contribution in [-0.4, -0.2) is 23.1 Å². The Balaban J connectivity index is 2.90. The summed E-state index contributed by atoms with van der Waals surface area (Å²) >= 11 is 0. The average Bonchev–Trinajstić information content (AvgIpc) is 2.17. The van der Waals surface area contributed by atoms with Crippen LogP contribution < -0.4 is 4.74 Å². The van der Waals surface area contributed by atoms with E-state index in [9.17, 15) is 15.0 Å². The largest absolute Gasteiger partial charge is 0.504 e. The average molecular weight is 210 g/mol. The van der Waals surface area contributed by atoms with E-state index < -0.39 is 6.10 Å². The maximum atomic E-state index is 10.8. The molecule has 0 fully saturated rings. The van der Waals surface area contributed by atoms with Crippen LogP contribution in [0.5, 0.6) is 11.5 Å². The van der Waals surface area contributed by atoms with Crippen molar-refractivity contribution in [3.63, 3.8) is 0 Å². The molecule has 1 aromatic carbocycles. The third kappa shape index (κ3) is 2.95. The molecule has 0 spiro atoms. The summed E-state index contributed by atoms with van der Waals surface area (Å²) in [5, 5.41) is 19.0. The lowest BCUT2D eigenvalue weighted by Gasteiger charge is -2.11. The lowest BCUT2D eigenvalue weighted by molar-refractivity contribution is -0.118. The Morgan fingerprint density at radius 3 is 2.73 bits per heavy atom. The highest BCUT2D eigenvalue weighted by atomic mass is 16.5. The molecule has 0 bridgehead atoms. The standard InChI is InChI=1S/C11H14O4/c1-7(12)5-10(14)8-3-4-9(13)11(6-8)15-2/h3-4,6,10,13-14H,5H2,1-2H3. The molecular formula is C11H14O4. The molecule has 0 aliphatic rings. The number of benzene rings is 1. The van der Waals surface area contributed by atoms with E-state index in [1.165, 1.54) is 26.2 Å². The van der Waals surface area contributed by atoms with Crippen LogP contribution in [0.4, 0.5) is 0 Å². The van der Waals surface area contributed by atoms with Gasteiger partial charge in [-0.1, -0.05) is 6.07 Å². The summed E-state index contributed by atoms with van der Waals surface area (Å²) < 4.78 is 4.89. The van der Waals surface area contributed by atoms with Crippen molar-refractivity contribution in [1.82, 2.24) is 0 Å². The third-order valence-corrected chi connectivity index (χ3v) is 2.07. The molecule has 0 heterocycles. The van der Waals surface area contributed by atoms with Crippen molar-refractivity contribution in [1.29, 1.82) is 0 Å². The summed E-state index contributed by atoms with van der Waals surface area (Å²) in [7, 11) is 1.43. The minimum atomic E-state index is -0.850. The van der Waals surface area contributed by atoms with Crippen LogP contribution in [0, 0.1) is 0 Å². The summed E-state index contributed by atoms with van der Waals surface area (Å²) in [5.41, 5.74) is 0.555. The number of ether oxygens (including phenoxy) is 1. The quantitative estimate of drug-likeness (QED) is 0.788. The normalized spacial score (nSPS) is 12.2. The first kappa shape index (κ1) is 11.5. The highest BCUT2D eigenvalue weighted by molar-refractivity contribution is 5.76. The van der Waals surface area contributed by atoms with Gasteiger partial charge in [-0.05, 0) is 24.6 Å². The number of hydrogen-bond donors (Lipinski definition) is 2. The van der Waals surface area contributed by atoms with Crippen LogP contribution in [0.2, 0.25) is 0 Å². The zero-order valence-electron chi connectivity index (χ0n) is 8.73. The van der Waals surface area contributed by atoms with Crippen molar-refractivity contribution in [2.75, 3.05) is 7.11 Å². The SMILES string of the molecule is COc1cc(C(O)CC(C)=O)ccc1O. The highest BCUT2D eigenvalue weighted by Gasteiger charge is 2.12. The van der Waals surface area contributed by atoms with Crippen molar-refractivity contribution >= 4 is 5.78 Å². The van der Waals surface area contributed by atoms with Gasteiger partial charge in [0.25, 0.3) is 0 Å². The van der Waals surface area contributed by atoms with E-state index >= 15 is 0 Å². The molecule has 0 aromatic heterocycles. The maximum Gasteiger partial charge on any atom is 0.160 e. The van der Waals surface area contributed by atoms with Crippen LogP contribution in [-0.2, 0) is 4.79 Å². The van der Waals surface area contributed by atoms with Gasteiger partial charge in [0.15, 0.2) is 11.5 Å². The van der Waals surface area contributed by atoms with Crippen LogP contribution in [0.25, 0.3) is 0 Å². The van der Waals surface area contributed by atoms with E-state index in [1.54, 1.807) is 6.07 Å². The van der Waals surface area contributed by atoms with Gasteiger partial charge in [0, 0.05) is 6.42 Å². The van der Waals surface area contributed by atoms with Crippen molar-refractivity contribution < 1.29 is 19.7 Å². The Morgan fingerprint density at radius 2 is 2.20 bits per heavy atom. The molecule has 1 unspecified atom stereocenters. The minimum Gasteiger partial charge on any atom is -0.504 e. The van der Waals surface area contributed by atoms with Crippen LogP contribution in [0.1, 0.15) is 25.0 Å². The maximum absolute atomic E-state index is 10.8. The Bertz CT molecular complexity index is 360. The van der Waals surface area contributed by atoms with Crippen LogP contribution in [0.15, 0.2) is 18.2 Å². The molecule has 1 atom stereocenters. The molecule has 1 aromatic rings. The van der Waals surface area contributed by atoms with Gasteiger partial charge in [-0.25, -0.2) is 0 Å². The summed E-state index contributed by atoms with van der Waals surface area (Å²) in [5.74, 6) is 0.209. The van der Waals surface area contributed by atoms with Gasteiger partial charge in [0.1, 0.15) is 5.78 Å². The first-order valence-electron chi connectivity index (χ1n) is 4.59. The van der Waals surface area contributed by atoms with Crippen molar-refractivity contribution in [3.8, 4) is 11.5 Å². The lowest BCUT2D eigenvalue weighted by Crippen LogP contribution is -2.03. The number of aliphatic hydroxyl groups excluding tert-OH is 1. The van der Waals surface area contributed by atoms with Crippen molar-refractivity contribution in [2.24, 2.45) is 0 Å². The number of phenolic OH excluding ortho intramolecular Hbond substituents is 1. The van der Waals surface area contributed by atoms with E-state index in [0.29, 0.717) is 5.56 Å². The predicted octanol–water partition coefficient (Wildman–Crippen LogP) is 1.41.